The zero-order chi connectivity index (χ0) is 9.11. The maximum atomic E-state index is 10.3. The zero-order valence-electron chi connectivity index (χ0n) is 6.32. The van der Waals surface area contributed by atoms with E-state index in [1.807, 2.05) is 0 Å². The number of carbonyl (C=O) groups excluding carboxylic acids is 1. The first-order chi connectivity index (χ1) is 5.31. The molecular weight excluding hydrogens is 148 g/mol. The standard InChI is InChI=1S/C6H10O3.H4N2/c1-2-6(8)9-5-3-4-7;1-2/h2,7H,1,3-5H2;1-2H2. The predicted octanol–water partition coefficient (Wildman–Crippen LogP) is -1.08. The number of ether oxygens (including phenoxy) is 1. The van der Waals surface area contributed by atoms with Crippen molar-refractivity contribution >= 4 is 5.97 Å². The highest BCUT2D eigenvalue weighted by Crippen LogP contribution is 1.82. The summed E-state index contributed by atoms with van der Waals surface area (Å²) in [5.74, 6) is 7.56. The topological polar surface area (TPSA) is 98.6 Å². The molecule has 0 aromatic rings. The minimum absolute atomic E-state index is 0.0461. The zero-order valence-corrected chi connectivity index (χ0v) is 6.32. The third kappa shape index (κ3) is 12.3. The summed E-state index contributed by atoms with van der Waals surface area (Å²) in [5, 5.41) is 8.23. The van der Waals surface area contributed by atoms with Crippen LogP contribution in [0.15, 0.2) is 12.7 Å². The Bertz CT molecular complexity index is 106. The van der Waals surface area contributed by atoms with Crippen LogP contribution in [0.4, 0.5) is 0 Å². The van der Waals surface area contributed by atoms with E-state index in [2.05, 4.69) is 23.0 Å². The molecule has 0 aliphatic heterocycles. The van der Waals surface area contributed by atoms with Crippen LogP contribution < -0.4 is 11.7 Å². The highest BCUT2D eigenvalue weighted by atomic mass is 16.5. The smallest absolute Gasteiger partial charge is 0.330 e. The fraction of sp³-hybridized carbons (Fsp3) is 0.500. The Balaban J connectivity index is 0. The molecule has 5 heteroatoms. The van der Waals surface area contributed by atoms with Crippen LogP contribution in [-0.4, -0.2) is 24.3 Å². The van der Waals surface area contributed by atoms with Crippen molar-refractivity contribution in [2.45, 2.75) is 6.42 Å². The van der Waals surface area contributed by atoms with Crippen LogP contribution in [0.2, 0.25) is 0 Å². The molecule has 66 valence electrons. The number of carbonyl (C=O) groups is 1. The first kappa shape index (κ1) is 12.7. The van der Waals surface area contributed by atoms with Gasteiger partial charge in [0.25, 0.3) is 0 Å². The van der Waals surface area contributed by atoms with Gasteiger partial charge in [-0.05, 0) is 0 Å². The number of hydrogen-bond acceptors (Lipinski definition) is 5. The van der Waals surface area contributed by atoms with Crippen LogP contribution in [0.3, 0.4) is 0 Å². The first-order valence-corrected chi connectivity index (χ1v) is 3.04. The normalized spacial score (nSPS) is 7.55. The minimum Gasteiger partial charge on any atom is -0.462 e. The van der Waals surface area contributed by atoms with E-state index in [9.17, 15) is 4.79 Å². The van der Waals surface area contributed by atoms with Gasteiger partial charge in [-0.25, -0.2) is 4.79 Å². The third-order valence-electron chi connectivity index (χ3n) is 0.713. The Kier molecular flexibility index (Phi) is 13.7. The van der Waals surface area contributed by atoms with E-state index >= 15 is 0 Å². The van der Waals surface area contributed by atoms with Gasteiger partial charge in [-0.1, -0.05) is 6.58 Å². The van der Waals surface area contributed by atoms with E-state index in [-0.39, 0.29) is 13.2 Å². The van der Waals surface area contributed by atoms with Gasteiger partial charge in [0.05, 0.1) is 6.61 Å². The molecule has 0 spiro atoms. The number of aliphatic hydroxyl groups is 1. The van der Waals surface area contributed by atoms with Crippen molar-refractivity contribution in [3.05, 3.63) is 12.7 Å². The largest absolute Gasteiger partial charge is 0.462 e. The van der Waals surface area contributed by atoms with E-state index < -0.39 is 5.97 Å². The second kappa shape index (κ2) is 11.8. The predicted molar refractivity (Wildman–Crippen MR) is 41.2 cm³/mol. The highest BCUT2D eigenvalue weighted by molar-refractivity contribution is 5.81. The van der Waals surface area contributed by atoms with Gasteiger partial charge in [-0.15, -0.1) is 0 Å². The summed E-state index contributed by atoms with van der Waals surface area (Å²) in [7, 11) is 0. The quantitative estimate of drug-likeness (QED) is 0.160. The Morgan fingerprint density at radius 3 is 2.55 bits per heavy atom. The molecule has 0 aliphatic carbocycles. The number of hydrazine groups is 1. The molecule has 0 unspecified atom stereocenters. The lowest BCUT2D eigenvalue weighted by molar-refractivity contribution is -0.137. The molecule has 5 nitrogen and oxygen atoms in total. The molecule has 0 aromatic heterocycles. The highest BCUT2D eigenvalue weighted by Gasteiger charge is 1.91. The van der Waals surface area contributed by atoms with Gasteiger partial charge in [0.1, 0.15) is 0 Å². The lowest BCUT2D eigenvalue weighted by Crippen LogP contribution is -2.02. The number of nitrogens with two attached hydrogens (primary N) is 2. The van der Waals surface area contributed by atoms with E-state index in [0.717, 1.165) is 6.08 Å². The summed E-state index contributed by atoms with van der Waals surface area (Å²) in [6, 6.07) is 0. The van der Waals surface area contributed by atoms with E-state index in [1.54, 1.807) is 0 Å². The summed E-state index contributed by atoms with van der Waals surface area (Å²) in [6.45, 7) is 3.51. The van der Waals surface area contributed by atoms with Gasteiger partial charge in [0.15, 0.2) is 0 Å². The Hall–Kier alpha value is -0.910. The number of aliphatic hydroxyl groups excluding tert-OH is 1. The van der Waals surface area contributed by atoms with Crippen molar-refractivity contribution in [3.8, 4) is 0 Å². The molecule has 11 heavy (non-hydrogen) atoms. The molecule has 0 fully saturated rings. The van der Waals surface area contributed by atoms with Crippen molar-refractivity contribution in [1.82, 2.24) is 0 Å². The van der Waals surface area contributed by atoms with Crippen LogP contribution in [0.5, 0.6) is 0 Å². The van der Waals surface area contributed by atoms with Crippen molar-refractivity contribution in [1.29, 1.82) is 0 Å². The van der Waals surface area contributed by atoms with Crippen molar-refractivity contribution < 1.29 is 14.6 Å². The lowest BCUT2D eigenvalue weighted by Gasteiger charge is -1.96. The second-order valence-corrected chi connectivity index (χ2v) is 1.45. The summed E-state index contributed by atoms with van der Waals surface area (Å²) < 4.78 is 4.51. The molecule has 0 aliphatic rings. The van der Waals surface area contributed by atoms with E-state index in [4.69, 9.17) is 5.11 Å². The van der Waals surface area contributed by atoms with Crippen molar-refractivity contribution in [2.75, 3.05) is 13.2 Å². The summed E-state index contributed by atoms with van der Waals surface area (Å²) in [6.07, 6.45) is 1.58. The molecule has 0 atom stereocenters. The van der Waals surface area contributed by atoms with Crippen LogP contribution in [0, 0.1) is 0 Å². The van der Waals surface area contributed by atoms with Gasteiger partial charge in [-0.3, -0.25) is 11.7 Å². The molecule has 5 N–H and O–H groups in total. The fourth-order valence-corrected chi connectivity index (χ4v) is 0.296. The molecule has 0 saturated heterocycles. The third-order valence-corrected chi connectivity index (χ3v) is 0.713. The SMILES string of the molecule is C=CC(=O)OCCCO.NN. The van der Waals surface area contributed by atoms with Gasteiger partial charge in [0.2, 0.25) is 0 Å². The van der Waals surface area contributed by atoms with Crippen LogP contribution >= 0.6 is 0 Å². The van der Waals surface area contributed by atoms with Gasteiger partial charge >= 0.3 is 5.97 Å². The molecule has 0 radical (unpaired) electrons. The molecule has 0 heterocycles. The second-order valence-electron chi connectivity index (χ2n) is 1.45. The average Bonchev–Trinajstić information content (AvgIpc) is 2.08. The van der Waals surface area contributed by atoms with Crippen molar-refractivity contribution in [2.24, 2.45) is 11.7 Å². The average molecular weight is 162 g/mol. The van der Waals surface area contributed by atoms with Crippen LogP contribution in [0.25, 0.3) is 0 Å². The minimum atomic E-state index is -0.441. The number of hydrogen-bond donors (Lipinski definition) is 3. The Morgan fingerprint density at radius 2 is 2.18 bits per heavy atom. The first-order valence-electron chi connectivity index (χ1n) is 3.04. The molecule has 0 amide bonds. The van der Waals surface area contributed by atoms with E-state index in [1.165, 1.54) is 0 Å². The Labute approximate surface area is 65.6 Å². The fourth-order valence-electron chi connectivity index (χ4n) is 0.296. The molecule has 0 rings (SSSR count). The van der Waals surface area contributed by atoms with Crippen molar-refractivity contribution in [3.63, 3.8) is 0 Å². The number of esters is 1. The summed E-state index contributed by atoms with van der Waals surface area (Å²) in [4.78, 5) is 10.3. The lowest BCUT2D eigenvalue weighted by atomic mass is 10.5. The maximum Gasteiger partial charge on any atom is 0.330 e. The van der Waals surface area contributed by atoms with Crippen LogP contribution in [0.1, 0.15) is 6.42 Å². The molecule has 0 aromatic carbocycles. The number of rotatable bonds is 4. The Morgan fingerprint density at radius 1 is 1.64 bits per heavy atom. The molecule has 0 bridgehead atoms. The molecule has 0 saturated carbocycles. The maximum absolute atomic E-state index is 10.3. The van der Waals surface area contributed by atoms with Gasteiger partial charge in [-0.2, -0.15) is 0 Å². The van der Waals surface area contributed by atoms with E-state index in [0.29, 0.717) is 6.42 Å². The summed E-state index contributed by atoms with van der Waals surface area (Å²) in [5.41, 5.74) is 0. The van der Waals surface area contributed by atoms with Gasteiger partial charge in [0, 0.05) is 19.1 Å². The van der Waals surface area contributed by atoms with Crippen LogP contribution in [-0.2, 0) is 9.53 Å². The van der Waals surface area contributed by atoms with Gasteiger partial charge < -0.3 is 9.84 Å². The molecular formula is C6H14N2O3. The monoisotopic (exact) mass is 162 g/mol. The summed E-state index contributed by atoms with van der Waals surface area (Å²) >= 11 is 0.